The second-order valence-electron chi connectivity index (χ2n) is 8.81. The van der Waals surface area contributed by atoms with Crippen LogP contribution in [0.1, 0.15) is 74.2 Å². The van der Waals surface area contributed by atoms with Crippen molar-refractivity contribution in [2.45, 2.75) is 69.9 Å². The number of hydrogen-bond acceptors (Lipinski definition) is 4. The van der Waals surface area contributed by atoms with Crippen molar-refractivity contribution in [2.24, 2.45) is 0 Å². The summed E-state index contributed by atoms with van der Waals surface area (Å²) in [4.78, 5) is 35.2. The van der Waals surface area contributed by atoms with Gasteiger partial charge in [-0.05, 0) is 49.9 Å². The SMILES string of the molecule is O=C(NC1CCCCC1)c1ccc(-c2nc3cccnc3n(C3CCCC3)c2=O)cc1. The van der Waals surface area contributed by atoms with Crippen molar-refractivity contribution in [3.63, 3.8) is 0 Å². The Labute approximate surface area is 181 Å². The first kappa shape index (κ1) is 19.9. The number of nitrogens with one attached hydrogen (secondary N) is 1. The summed E-state index contributed by atoms with van der Waals surface area (Å²) in [6.07, 6.45) is 11.7. The number of benzene rings is 1. The minimum absolute atomic E-state index is 0.0440. The number of aromatic nitrogens is 3. The lowest BCUT2D eigenvalue weighted by atomic mass is 9.95. The van der Waals surface area contributed by atoms with Crippen molar-refractivity contribution in [2.75, 3.05) is 0 Å². The number of carbonyl (C=O) groups is 1. The Morgan fingerprint density at radius 3 is 2.39 bits per heavy atom. The van der Waals surface area contributed by atoms with E-state index in [2.05, 4.69) is 15.3 Å². The molecule has 2 aromatic heterocycles. The highest BCUT2D eigenvalue weighted by molar-refractivity contribution is 5.94. The van der Waals surface area contributed by atoms with E-state index in [1.165, 1.54) is 19.3 Å². The van der Waals surface area contributed by atoms with Gasteiger partial charge in [0.2, 0.25) is 0 Å². The van der Waals surface area contributed by atoms with Crippen LogP contribution in [0.3, 0.4) is 0 Å². The summed E-state index contributed by atoms with van der Waals surface area (Å²) in [7, 11) is 0. The van der Waals surface area contributed by atoms with Crippen LogP contribution in [0.5, 0.6) is 0 Å². The highest BCUT2D eigenvalue weighted by Gasteiger charge is 2.23. The van der Waals surface area contributed by atoms with Gasteiger partial charge in [0, 0.05) is 29.4 Å². The predicted molar refractivity (Wildman–Crippen MR) is 121 cm³/mol. The molecule has 0 atom stereocenters. The van der Waals surface area contributed by atoms with Crippen LogP contribution >= 0.6 is 0 Å². The van der Waals surface area contributed by atoms with Gasteiger partial charge in [0.25, 0.3) is 11.5 Å². The molecule has 0 saturated heterocycles. The minimum atomic E-state index is -0.0995. The largest absolute Gasteiger partial charge is 0.349 e. The third-order valence-corrected chi connectivity index (χ3v) is 6.70. The van der Waals surface area contributed by atoms with Crippen LogP contribution in [0, 0.1) is 0 Å². The van der Waals surface area contributed by atoms with Gasteiger partial charge in [-0.25, -0.2) is 9.97 Å². The van der Waals surface area contributed by atoms with Crippen molar-refractivity contribution < 1.29 is 4.79 Å². The Kier molecular flexibility index (Phi) is 5.53. The number of hydrogen-bond donors (Lipinski definition) is 1. The van der Waals surface area contributed by atoms with E-state index in [1.54, 1.807) is 18.3 Å². The van der Waals surface area contributed by atoms with Crippen LogP contribution in [0.2, 0.25) is 0 Å². The number of amides is 1. The van der Waals surface area contributed by atoms with E-state index in [-0.39, 0.29) is 23.6 Å². The number of nitrogens with zero attached hydrogens (tertiary/aromatic N) is 3. The standard InChI is InChI=1S/C25H28N4O2/c30-24(27-19-7-2-1-3-8-19)18-14-12-17(13-15-18)22-25(31)29(20-9-4-5-10-20)23-21(28-22)11-6-16-26-23/h6,11-16,19-20H,1-5,7-10H2,(H,27,30). The molecule has 3 aromatic rings. The van der Waals surface area contributed by atoms with Gasteiger partial charge in [-0.15, -0.1) is 0 Å². The zero-order valence-electron chi connectivity index (χ0n) is 17.7. The van der Waals surface area contributed by atoms with E-state index in [0.29, 0.717) is 16.9 Å². The molecule has 0 radical (unpaired) electrons. The van der Waals surface area contributed by atoms with Crippen molar-refractivity contribution in [1.29, 1.82) is 0 Å². The van der Waals surface area contributed by atoms with E-state index in [9.17, 15) is 9.59 Å². The zero-order valence-corrected chi connectivity index (χ0v) is 17.7. The summed E-state index contributed by atoms with van der Waals surface area (Å²) >= 11 is 0. The summed E-state index contributed by atoms with van der Waals surface area (Å²) in [6, 6.07) is 11.5. The highest BCUT2D eigenvalue weighted by atomic mass is 16.1. The average molecular weight is 417 g/mol. The van der Waals surface area contributed by atoms with Gasteiger partial charge in [0.05, 0.1) is 0 Å². The molecule has 2 saturated carbocycles. The normalized spacial score (nSPS) is 17.8. The topological polar surface area (TPSA) is 76.9 Å². The second kappa shape index (κ2) is 8.61. The fraction of sp³-hybridized carbons (Fsp3) is 0.440. The van der Waals surface area contributed by atoms with Crippen molar-refractivity contribution in [3.05, 3.63) is 58.5 Å². The summed E-state index contributed by atoms with van der Waals surface area (Å²) in [6.45, 7) is 0. The maximum atomic E-state index is 13.4. The van der Waals surface area contributed by atoms with Gasteiger partial charge >= 0.3 is 0 Å². The molecule has 2 heterocycles. The Hall–Kier alpha value is -3.02. The molecule has 0 spiro atoms. The minimum Gasteiger partial charge on any atom is -0.349 e. The lowest BCUT2D eigenvalue weighted by Gasteiger charge is -2.22. The van der Waals surface area contributed by atoms with Gasteiger partial charge in [-0.3, -0.25) is 14.2 Å². The van der Waals surface area contributed by atoms with E-state index in [0.717, 1.165) is 49.6 Å². The molecule has 1 aromatic carbocycles. The average Bonchev–Trinajstić information content (AvgIpc) is 3.34. The molecular weight excluding hydrogens is 388 g/mol. The van der Waals surface area contributed by atoms with Crippen molar-refractivity contribution in [3.8, 4) is 11.3 Å². The lowest BCUT2D eigenvalue weighted by molar-refractivity contribution is 0.0927. The van der Waals surface area contributed by atoms with Gasteiger partial charge in [-0.2, -0.15) is 0 Å². The van der Waals surface area contributed by atoms with Crippen molar-refractivity contribution in [1.82, 2.24) is 19.9 Å². The maximum Gasteiger partial charge on any atom is 0.278 e. The first-order valence-electron chi connectivity index (χ1n) is 11.5. The number of carbonyl (C=O) groups excluding carboxylic acids is 1. The monoisotopic (exact) mass is 416 g/mol. The number of pyridine rings is 1. The van der Waals surface area contributed by atoms with E-state index in [4.69, 9.17) is 0 Å². The first-order chi connectivity index (χ1) is 15.2. The van der Waals surface area contributed by atoms with Crippen molar-refractivity contribution >= 4 is 17.1 Å². The third kappa shape index (κ3) is 3.99. The van der Waals surface area contributed by atoms with Crippen LogP contribution < -0.4 is 10.9 Å². The molecule has 6 heteroatoms. The molecule has 0 aliphatic heterocycles. The molecule has 6 nitrogen and oxygen atoms in total. The molecule has 1 N–H and O–H groups in total. The summed E-state index contributed by atoms with van der Waals surface area (Å²) in [5.74, 6) is -0.0440. The van der Waals surface area contributed by atoms with Crippen LogP contribution in [-0.2, 0) is 0 Å². The van der Waals surface area contributed by atoms with E-state index < -0.39 is 0 Å². The Morgan fingerprint density at radius 2 is 1.65 bits per heavy atom. The van der Waals surface area contributed by atoms with E-state index in [1.807, 2.05) is 28.8 Å². The fourth-order valence-electron chi connectivity index (χ4n) is 5.02. The van der Waals surface area contributed by atoms with Gasteiger partial charge in [-0.1, -0.05) is 44.2 Å². The van der Waals surface area contributed by atoms with E-state index >= 15 is 0 Å². The van der Waals surface area contributed by atoms with Gasteiger partial charge < -0.3 is 5.32 Å². The molecule has 160 valence electrons. The molecular formula is C25H28N4O2. The lowest BCUT2D eigenvalue weighted by Crippen LogP contribution is -2.36. The zero-order chi connectivity index (χ0) is 21.2. The molecule has 2 fully saturated rings. The molecule has 5 rings (SSSR count). The molecule has 2 aliphatic rings. The number of fused-ring (bicyclic) bond motifs is 1. The quantitative estimate of drug-likeness (QED) is 0.672. The molecule has 0 bridgehead atoms. The van der Waals surface area contributed by atoms with Gasteiger partial charge in [0.1, 0.15) is 11.2 Å². The Bertz CT molecular complexity index is 1140. The molecule has 1 amide bonds. The van der Waals surface area contributed by atoms with Crippen LogP contribution in [0.15, 0.2) is 47.4 Å². The Morgan fingerprint density at radius 1 is 0.935 bits per heavy atom. The molecule has 0 unspecified atom stereocenters. The number of rotatable bonds is 4. The molecule has 31 heavy (non-hydrogen) atoms. The van der Waals surface area contributed by atoms with Crippen LogP contribution in [0.25, 0.3) is 22.4 Å². The molecule has 2 aliphatic carbocycles. The maximum absolute atomic E-state index is 13.4. The van der Waals surface area contributed by atoms with Crippen LogP contribution in [-0.4, -0.2) is 26.5 Å². The summed E-state index contributed by atoms with van der Waals surface area (Å²) in [5.41, 5.74) is 3.06. The highest BCUT2D eigenvalue weighted by Crippen LogP contribution is 2.31. The van der Waals surface area contributed by atoms with Crippen LogP contribution in [0.4, 0.5) is 0 Å². The third-order valence-electron chi connectivity index (χ3n) is 6.70. The Balaban J connectivity index is 1.47. The fourth-order valence-corrected chi connectivity index (χ4v) is 5.02. The predicted octanol–water partition coefficient (Wildman–Crippen LogP) is 4.64. The van der Waals surface area contributed by atoms with Gasteiger partial charge in [0.15, 0.2) is 5.65 Å². The second-order valence-corrected chi connectivity index (χ2v) is 8.81. The summed E-state index contributed by atoms with van der Waals surface area (Å²) < 4.78 is 1.84. The summed E-state index contributed by atoms with van der Waals surface area (Å²) in [5, 5.41) is 3.15. The smallest absolute Gasteiger partial charge is 0.278 e. The first-order valence-corrected chi connectivity index (χ1v) is 11.5.